The molecule has 0 amide bonds. The average Bonchev–Trinajstić information content (AvgIpc) is 2.75. The van der Waals surface area contributed by atoms with Gasteiger partial charge in [0.2, 0.25) is 0 Å². The Kier molecular flexibility index (Phi) is 6.36. The molecular weight excluding hydrogens is 226 g/mol. The van der Waals surface area contributed by atoms with Crippen molar-refractivity contribution in [2.75, 3.05) is 13.1 Å². The zero-order valence-electron chi connectivity index (χ0n) is 12.0. The van der Waals surface area contributed by atoms with Crippen LogP contribution >= 0.6 is 0 Å². The molecule has 1 rings (SSSR count). The molecule has 0 aliphatic heterocycles. The van der Waals surface area contributed by atoms with Gasteiger partial charge in [0.1, 0.15) is 0 Å². The van der Waals surface area contributed by atoms with Gasteiger partial charge in [-0.15, -0.1) is 0 Å². The van der Waals surface area contributed by atoms with Crippen molar-refractivity contribution in [1.82, 2.24) is 15.1 Å². The third kappa shape index (κ3) is 5.19. The van der Waals surface area contributed by atoms with Gasteiger partial charge in [-0.25, -0.2) is 0 Å². The fourth-order valence-electron chi connectivity index (χ4n) is 2.35. The number of aliphatic hydroxyl groups excluding tert-OH is 1. The maximum Gasteiger partial charge on any atom is 0.0860 e. The van der Waals surface area contributed by atoms with E-state index in [0.717, 1.165) is 6.54 Å². The minimum absolute atomic E-state index is 0.384. The van der Waals surface area contributed by atoms with Gasteiger partial charge >= 0.3 is 0 Å². The number of aromatic nitrogens is 2. The van der Waals surface area contributed by atoms with E-state index in [1.807, 2.05) is 12.3 Å². The van der Waals surface area contributed by atoms with Crippen molar-refractivity contribution in [3.8, 4) is 0 Å². The Labute approximate surface area is 110 Å². The molecule has 1 unspecified atom stereocenters. The highest BCUT2D eigenvalue weighted by atomic mass is 16.3. The predicted octanol–water partition coefficient (Wildman–Crippen LogP) is 1.76. The quantitative estimate of drug-likeness (QED) is 0.742. The molecule has 4 nitrogen and oxygen atoms in total. The van der Waals surface area contributed by atoms with Crippen molar-refractivity contribution in [2.24, 2.45) is 17.8 Å². The van der Waals surface area contributed by atoms with Crippen molar-refractivity contribution in [3.05, 3.63) is 18.5 Å². The van der Waals surface area contributed by atoms with Gasteiger partial charge in [-0.3, -0.25) is 4.68 Å². The van der Waals surface area contributed by atoms with Crippen LogP contribution < -0.4 is 5.32 Å². The van der Waals surface area contributed by atoms with E-state index in [1.54, 1.807) is 10.9 Å². The van der Waals surface area contributed by atoms with Gasteiger partial charge in [-0.05, 0) is 30.4 Å². The standard InChI is InChI=1S/C14H27N3O/c1-11(2)14(12(3)4)9-15-8-13(18)10-17-7-5-6-16-17/h5-7,11-15,18H,8-10H2,1-4H3. The van der Waals surface area contributed by atoms with Crippen molar-refractivity contribution < 1.29 is 5.11 Å². The SMILES string of the molecule is CC(C)C(CNCC(O)Cn1cccn1)C(C)C. The molecule has 2 N–H and O–H groups in total. The molecule has 1 heterocycles. The number of rotatable bonds is 8. The summed E-state index contributed by atoms with van der Waals surface area (Å²) in [6, 6.07) is 1.87. The molecule has 0 aromatic carbocycles. The highest BCUT2D eigenvalue weighted by Crippen LogP contribution is 2.19. The molecule has 0 aliphatic rings. The lowest BCUT2D eigenvalue weighted by Gasteiger charge is -2.25. The van der Waals surface area contributed by atoms with E-state index < -0.39 is 0 Å². The first-order valence-electron chi connectivity index (χ1n) is 6.87. The molecule has 0 radical (unpaired) electrons. The van der Waals surface area contributed by atoms with Crippen LogP contribution in [0.5, 0.6) is 0 Å². The molecule has 1 aromatic heterocycles. The molecule has 0 bridgehead atoms. The minimum atomic E-state index is -0.384. The Morgan fingerprint density at radius 1 is 1.17 bits per heavy atom. The second-order valence-corrected chi connectivity index (χ2v) is 5.69. The Balaban J connectivity index is 2.24. The van der Waals surface area contributed by atoms with Crippen molar-refractivity contribution in [2.45, 2.75) is 40.3 Å². The van der Waals surface area contributed by atoms with Crippen LogP contribution in [0, 0.1) is 17.8 Å². The highest BCUT2D eigenvalue weighted by molar-refractivity contribution is 4.79. The molecule has 1 aromatic rings. The van der Waals surface area contributed by atoms with Gasteiger partial charge in [0, 0.05) is 18.9 Å². The second kappa shape index (κ2) is 7.54. The van der Waals surface area contributed by atoms with Crippen molar-refractivity contribution in [3.63, 3.8) is 0 Å². The summed E-state index contributed by atoms with van der Waals surface area (Å²) in [6.07, 6.45) is 3.21. The van der Waals surface area contributed by atoms with Gasteiger partial charge in [-0.1, -0.05) is 27.7 Å². The summed E-state index contributed by atoms with van der Waals surface area (Å²) in [5.74, 6) is 1.99. The molecule has 0 saturated heterocycles. The zero-order valence-corrected chi connectivity index (χ0v) is 12.0. The van der Waals surface area contributed by atoms with Crippen LogP contribution in [-0.2, 0) is 6.54 Å². The number of nitrogens with one attached hydrogen (secondary N) is 1. The van der Waals surface area contributed by atoms with Crippen LogP contribution in [0.15, 0.2) is 18.5 Å². The van der Waals surface area contributed by atoms with Gasteiger partial charge in [0.05, 0.1) is 12.6 Å². The van der Waals surface area contributed by atoms with Crippen LogP contribution in [0.3, 0.4) is 0 Å². The van der Waals surface area contributed by atoms with Gasteiger partial charge in [0.15, 0.2) is 0 Å². The fraction of sp³-hybridized carbons (Fsp3) is 0.786. The molecule has 0 fully saturated rings. The Morgan fingerprint density at radius 2 is 1.83 bits per heavy atom. The van der Waals surface area contributed by atoms with Crippen LogP contribution in [-0.4, -0.2) is 34.1 Å². The molecule has 1 atom stereocenters. The third-order valence-corrected chi connectivity index (χ3v) is 3.43. The largest absolute Gasteiger partial charge is 0.390 e. The van der Waals surface area contributed by atoms with E-state index in [0.29, 0.717) is 30.8 Å². The molecule has 0 aliphatic carbocycles. The summed E-state index contributed by atoms with van der Waals surface area (Å²) in [6.45, 7) is 11.2. The van der Waals surface area contributed by atoms with E-state index in [9.17, 15) is 5.11 Å². The van der Waals surface area contributed by atoms with E-state index >= 15 is 0 Å². The molecule has 0 saturated carbocycles. The topological polar surface area (TPSA) is 50.1 Å². The smallest absolute Gasteiger partial charge is 0.0860 e. The zero-order chi connectivity index (χ0) is 13.5. The van der Waals surface area contributed by atoms with Gasteiger partial charge in [-0.2, -0.15) is 5.10 Å². The number of aliphatic hydroxyl groups is 1. The summed E-state index contributed by atoms with van der Waals surface area (Å²) < 4.78 is 1.76. The molecular formula is C14H27N3O. The molecule has 4 heteroatoms. The summed E-state index contributed by atoms with van der Waals surface area (Å²) in [4.78, 5) is 0. The first-order valence-corrected chi connectivity index (χ1v) is 6.87. The molecule has 104 valence electrons. The monoisotopic (exact) mass is 253 g/mol. The summed E-state index contributed by atoms with van der Waals surface area (Å²) in [5.41, 5.74) is 0. The van der Waals surface area contributed by atoms with Crippen LogP contribution in [0.2, 0.25) is 0 Å². The summed E-state index contributed by atoms with van der Waals surface area (Å²) >= 11 is 0. The number of hydrogen-bond donors (Lipinski definition) is 2. The van der Waals surface area contributed by atoms with E-state index in [2.05, 4.69) is 38.1 Å². The van der Waals surface area contributed by atoms with Crippen LogP contribution in [0.1, 0.15) is 27.7 Å². The summed E-state index contributed by atoms with van der Waals surface area (Å²) in [5, 5.41) is 17.3. The van der Waals surface area contributed by atoms with E-state index in [4.69, 9.17) is 0 Å². The van der Waals surface area contributed by atoms with E-state index in [-0.39, 0.29) is 6.10 Å². The van der Waals surface area contributed by atoms with Crippen molar-refractivity contribution >= 4 is 0 Å². The predicted molar refractivity (Wildman–Crippen MR) is 74.3 cm³/mol. The Hall–Kier alpha value is -0.870. The Morgan fingerprint density at radius 3 is 2.33 bits per heavy atom. The minimum Gasteiger partial charge on any atom is -0.390 e. The van der Waals surface area contributed by atoms with Crippen molar-refractivity contribution in [1.29, 1.82) is 0 Å². The number of hydrogen-bond acceptors (Lipinski definition) is 3. The first kappa shape index (κ1) is 15.2. The second-order valence-electron chi connectivity index (χ2n) is 5.69. The summed E-state index contributed by atoms with van der Waals surface area (Å²) in [7, 11) is 0. The van der Waals surface area contributed by atoms with E-state index in [1.165, 1.54) is 0 Å². The molecule has 18 heavy (non-hydrogen) atoms. The normalized spacial score (nSPS) is 13.8. The highest BCUT2D eigenvalue weighted by Gasteiger charge is 2.17. The Bertz CT molecular complexity index is 301. The number of nitrogens with zero attached hydrogens (tertiary/aromatic N) is 2. The maximum atomic E-state index is 9.89. The lowest BCUT2D eigenvalue weighted by Crippen LogP contribution is -2.36. The lowest BCUT2D eigenvalue weighted by molar-refractivity contribution is 0.141. The van der Waals surface area contributed by atoms with Gasteiger partial charge < -0.3 is 10.4 Å². The van der Waals surface area contributed by atoms with Gasteiger partial charge in [0.25, 0.3) is 0 Å². The van der Waals surface area contributed by atoms with Crippen LogP contribution in [0.4, 0.5) is 0 Å². The first-order chi connectivity index (χ1) is 8.50. The maximum absolute atomic E-state index is 9.89. The molecule has 0 spiro atoms. The fourth-order valence-corrected chi connectivity index (χ4v) is 2.35. The average molecular weight is 253 g/mol. The third-order valence-electron chi connectivity index (χ3n) is 3.43. The lowest BCUT2D eigenvalue weighted by atomic mass is 9.85. The van der Waals surface area contributed by atoms with Crippen LogP contribution in [0.25, 0.3) is 0 Å².